The summed E-state index contributed by atoms with van der Waals surface area (Å²) in [4.78, 5) is 14.5. The maximum absolute atomic E-state index is 12.4. The average molecular weight is 340 g/mol. The van der Waals surface area contributed by atoms with Crippen LogP contribution in [0.15, 0.2) is 24.4 Å². The van der Waals surface area contributed by atoms with Gasteiger partial charge in [0, 0.05) is 25.8 Å². The number of nitrogens with one attached hydrogen (secondary N) is 1. The van der Waals surface area contributed by atoms with Crippen molar-refractivity contribution in [3.8, 4) is 5.82 Å². The van der Waals surface area contributed by atoms with Crippen molar-refractivity contribution >= 4 is 11.7 Å². The van der Waals surface area contributed by atoms with Gasteiger partial charge in [-0.05, 0) is 56.7 Å². The van der Waals surface area contributed by atoms with E-state index in [1.54, 1.807) is 4.68 Å². The molecule has 7 nitrogen and oxygen atoms in total. The number of rotatable bonds is 5. The number of aryl methyl sites for hydroxylation is 1. The number of amides is 1. The Morgan fingerprint density at radius 2 is 2.00 bits per heavy atom. The molecule has 3 heterocycles. The lowest BCUT2D eigenvalue weighted by molar-refractivity contribution is -0.125. The van der Waals surface area contributed by atoms with Crippen LogP contribution in [0.4, 0.5) is 5.82 Å². The number of anilines is 1. The maximum Gasteiger partial charge on any atom is 0.224 e. The molecule has 2 aliphatic rings. The van der Waals surface area contributed by atoms with Crippen LogP contribution in [-0.4, -0.2) is 45.5 Å². The number of carbonyl (C=O) groups excluding carboxylic acids is 1. The summed E-state index contributed by atoms with van der Waals surface area (Å²) in [6.07, 6.45) is 6.35. The number of carbonyl (C=O) groups is 1. The Hall–Kier alpha value is -2.44. The van der Waals surface area contributed by atoms with Gasteiger partial charge in [-0.15, -0.1) is 10.2 Å². The SMILES string of the molecule is Cc1ccn(-c2ccc(N3CCCC(C(=O)NCC4CC4)C3)nn2)n1. The molecule has 0 aromatic carbocycles. The Morgan fingerprint density at radius 1 is 1.20 bits per heavy atom. The molecule has 1 aliphatic heterocycles. The van der Waals surface area contributed by atoms with Gasteiger partial charge in [-0.2, -0.15) is 5.10 Å². The van der Waals surface area contributed by atoms with Gasteiger partial charge in [0.15, 0.2) is 11.6 Å². The van der Waals surface area contributed by atoms with Crippen LogP contribution in [0.2, 0.25) is 0 Å². The second-order valence-corrected chi connectivity index (χ2v) is 7.13. The van der Waals surface area contributed by atoms with Crippen LogP contribution in [0.5, 0.6) is 0 Å². The number of hydrogen-bond donors (Lipinski definition) is 1. The van der Waals surface area contributed by atoms with Crippen LogP contribution in [0, 0.1) is 18.8 Å². The van der Waals surface area contributed by atoms with Gasteiger partial charge in [-0.25, -0.2) is 4.68 Å². The van der Waals surface area contributed by atoms with Crippen molar-refractivity contribution in [1.29, 1.82) is 0 Å². The zero-order chi connectivity index (χ0) is 17.2. The zero-order valence-corrected chi connectivity index (χ0v) is 14.6. The Balaban J connectivity index is 1.39. The fourth-order valence-electron chi connectivity index (χ4n) is 3.26. The monoisotopic (exact) mass is 340 g/mol. The van der Waals surface area contributed by atoms with Crippen molar-refractivity contribution < 1.29 is 4.79 Å². The quantitative estimate of drug-likeness (QED) is 0.897. The third-order valence-corrected chi connectivity index (χ3v) is 4.97. The fourth-order valence-corrected chi connectivity index (χ4v) is 3.26. The highest BCUT2D eigenvalue weighted by Crippen LogP contribution is 2.28. The summed E-state index contributed by atoms with van der Waals surface area (Å²) in [6.45, 7) is 4.42. The predicted octanol–water partition coefficient (Wildman–Crippen LogP) is 1.71. The molecule has 2 fully saturated rings. The Bertz CT molecular complexity index is 736. The molecule has 1 aliphatic carbocycles. The van der Waals surface area contributed by atoms with Gasteiger partial charge < -0.3 is 10.2 Å². The lowest BCUT2D eigenvalue weighted by Crippen LogP contribution is -2.43. The summed E-state index contributed by atoms with van der Waals surface area (Å²) in [7, 11) is 0. The zero-order valence-electron chi connectivity index (χ0n) is 14.6. The first-order chi connectivity index (χ1) is 12.2. The molecule has 132 valence electrons. The molecule has 1 saturated heterocycles. The number of piperidine rings is 1. The largest absolute Gasteiger partial charge is 0.356 e. The van der Waals surface area contributed by atoms with Crippen LogP contribution < -0.4 is 10.2 Å². The molecule has 1 amide bonds. The lowest BCUT2D eigenvalue weighted by Gasteiger charge is -2.32. The van der Waals surface area contributed by atoms with Gasteiger partial charge in [0.2, 0.25) is 5.91 Å². The Kier molecular flexibility index (Phi) is 4.38. The number of nitrogens with zero attached hydrogens (tertiary/aromatic N) is 5. The fraction of sp³-hybridized carbons (Fsp3) is 0.556. The summed E-state index contributed by atoms with van der Waals surface area (Å²) < 4.78 is 1.72. The van der Waals surface area contributed by atoms with Crippen LogP contribution in [0.1, 0.15) is 31.4 Å². The van der Waals surface area contributed by atoms with E-state index in [1.807, 2.05) is 31.3 Å². The highest BCUT2D eigenvalue weighted by atomic mass is 16.1. The summed E-state index contributed by atoms with van der Waals surface area (Å²) in [5, 5.41) is 16.1. The van der Waals surface area contributed by atoms with Gasteiger partial charge in [0.25, 0.3) is 0 Å². The second-order valence-electron chi connectivity index (χ2n) is 7.13. The first kappa shape index (κ1) is 16.1. The maximum atomic E-state index is 12.4. The van der Waals surface area contributed by atoms with Crippen LogP contribution in [0.25, 0.3) is 5.82 Å². The third-order valence-electron chi connectivity index (χ3n) is 4.97. The van der Waals surface area contributed by atoms with Crippen molar-refractivity contribution in [1.82, 2.24) is 25.3 Å². The normalized spacial score (nSPS) is 20.5. The smallest absolute Gasteiger partial charge is 0.224 e. The minimum absolute atomic E-state index is 0.0442. The highest BCUT2D eigenvalue weighted by Gasteiger charge is 2.28. The standard InChI is InChI=1S/C18H24N6O/c1-13-8-10-24(22-13)17-7-6-16(20-21-17)23-9-2-3-15(12-23)18(25)19-11-14-4-5-14/h6-8,10,14-15H,2-5,9,11-12H2,1H3,(H,19,25). The molecule has 0 bridgehead atoms. The first-order valence-electron chi connectivity index (χ1n) is 9.08. The molecule has 1 N–H and O–H groups in total. The van der Waals surface area contributed by atoms with Crippen LogP contribution in [0.3, 0.4) is 0 Å². The topological polar surface area (TPSA) is 75.9 Å². The van der Waals surface area contributed by atoms with Gasteiger partial charge >= 0.3 is 0 Å². The lowest BCUT2D eigenvalue weighted by atomic mass is 9.97. The molecular weight excluding hydrogens is 316 g/mol. The van der Waals surface area contributed by atoms with Crippen molar-refractivity contribution in [2.75, 3.05) is 24.5 Å². The molecular formula is C18H24N6O. The molecule has 1 unspecified atom stereocenters. The molecule has 7 heteroatoms. The van der Waals surface area contributed by atoms with Gasteiger partial charge in [-0.3, -0.25) is 4.79 Å². The van der Waals surface area contributed by atoms with Crippen molar-refractivity contribution in [3.05, 3.63) is 30.1 Å². The molecule has 2 aromatic rings. The molecule has 4 rings (SSSR count). The van der Waals surface area contributed by atoms with E-state index in [0.29, 0.717) is 18.3 Å². The Morgan fingerprint density at radius 3 is 2.68 bits per heavy atom. The van der Waals surface area contributed by atoms with Crippen molar-refractivity contribution in [3.63, 3.8) is 0 Å². The number of aromatic nitrogens is 4. The summed E-state index contributed by atoms with van der Waals surface area (Å²) >= 11 is 0. The Labute approximate surface area is 147 Å². The third kappa shape index (κ3) is 3.81. The van der Waals surface area contributed by atoms with E-state index in [2.05, 4.69) is 25.5 Å². The minimum Gasteiger partial charge on any atom is -0.356 e. The van der Waals surface area contributed by atoms with E-state index >= 15 is 0 Å². The van der Waals surface area contributed by atoms with E-state index < -0.39 is 0 Å². The molecule has 0 radical (unpaired) electrons. The highest BCUT2D eigenvalue weighted by molar-refractivity contribution is 5.79. The van der Waals surface area contributed by atoms with E-state index in [-0.39, 0.29) is 11.8 Å². The summed E-state index contributed by atoms with van der Waals surface area (Å²) in [6, 6.07) is 5.82. The predicted molar refractivity (Wildman–Crippen MR) is 94.6 cm³/mol. The summed E-state index contributed by atoms with van der Waals surface area (Å²) in [5.74, 6) is 2.48. The van der Waals surface area contributed by atoms with Gasteiger partial charge in [0.1, 0.15) is 0 Å². The van der Waals surface area contributed by atoms with E-state index in [4.69, 9.17) is 0 Å². The van der Waals surface area contributed by atoms with E-state index in [0.717, 1.165) is 37.4 Å². The van der Waals surface area contributed by atoms with Crippen molar-refractivity contribution in [2.24, 2.45) is 11.8 Å². The molecule has 0 spiro atoms. The molecule has 25 heavy (non-hydrogen) atoms. The van der Waals surface area contributed by atoms with E-state index in [1.165, 1.54) is 12.8 Å². The molecule has 1 atom stereocenters. The number of hydrogen-bond acceptors (Lipinski definition) is 5. The van der Waals surface area contributed by atoms with Gasteiger partial charge in [-0.1, -0.05) is 0 Å². The van der Waals surface area contributed by atoms with Crippen LogP contribution >= 0.6 is 0 Å². The molecule has 2 aromatic heterocycles. The van der Waals surface area contributed by atoms with Gasteiger partial charge in [0.05, 0.1) is 11.6 Å². The minimum atomic E-state index is 0.0442. The first-order valence-corrected chi connectivity index (χ1v) is 9.08. The second kappa shape index (κ2) is 6.82. The average Bonchev–Trinajstić information content (AvgIpc) is 3.39. The van der Waals surface area contributed by atoms with E-state index in [9.17, 15) is 4.79 Å². The summed E-state index contributed by atoms with van der Waals surface area (Å²) in [5.41, 5.74) is 0.946. The van der Waals surface area contributed by atoms with Crippen molar-refractivity contribution in [2.45, 2.75) is 32.6 Å². The molecule has 1 saturated carbocycles. The van der Waals surface area contributed by atoms with Crippen LogP contribution in [-0.2, 0) is 4.79 Å².